The van der Waals surface area contributed by atoms with Crippen LogP contribution in [0.25, 0.3) is 22.3 Å². The quantitative estimate of drug-likeness (QED) is 0.403. The van der Waals surface area contributed by atoms with Gasteiger partial charge in [0.15, 0.2) is 11.1 Å². The number of para-hydroxylation sites is 1. The lowest BCUT2D eigenvalue weighted by Crippen LogP contribution is -2.18. The molecule has 160 valence electrons. The van der Waals surface area contributed by atoms with Crippen molar-refractivity contribution in [2.24, 2.45) is 0 Å². The number of carbonyl (C=O) groups is 1. The zero-order chi connectivity index (χ0) is 22.4. The Balaban J connectivity index is 1.64. The van der Waals surface area contributed by atoms with Crippen LogP contribution in [0.4, 0.5) is 5.69 Å². The normalized spacial score (nSPS) is 13.3. The molecule has 2 N–H and O–H groups in total. The SMILES string of the molecule is C[C@@H](Nc1ccc(Cl)nc1C(=O)O)c1cccc2c(=O)c3c(oc12)-c1ccccc1CC3. The van der Waals surface area contributed by atoms with Crippen LogP contribution in [0.2, 0.25) is 5.15 Å². The number of halogens is 1. The van der Waals surface area contributed by atoms with Crippen LogP contribution >= 0.6 is 11.6 Å². The third-order valence-corrected chi connectivity index (χ3v) is 6.06. The first kappa shape index (κ1) is 20.3. The summed E-state index contributed by atoms with van der Waals surface area (Å²) in [5.41, 5.74) is 4.17. The molecule has 0 fully saturated rings. The van der Waals surface area contributed by atoms with Crippen molar-refractivity contribution in [1.82, 2.24) is 4.98 Å². The van der Waals surface area contributed by atoms with E-state index in [0.717, 1.165) is 23.1 Å². The molecule has 0 aliphatic heterocycles. The number of hydrogen-bond donors (Lipinski definition) is 2. The highest BCUT2D eigenvalue weighted by Gasteiger charge is 2.24. The minimum Gasteiger partial charge on any atom is -0.476 e. The van der Waals surface area contributed by atoms with Gasteiger partial charge in [0, 0.05) is 16.7 Å². The van der Waals surface area contributed by atoms with Crippen LogP contribution in [0.1, 0.15) is 40.1 Å². The van der Waals surface area contributed by atoms with Crippen molar-refractivity contribution in [2.45, 2.75) is 25.8 Å². The molecular formula is C25H19ClN2O4. The average Bonchev–Trinajstić information content (AvgIpc) is 2.79. The Morgan fingerprint density at radius 2 is 1.94 bits per heavy atom. The summed E-state index contributed by atoms with van der Waals surface area (Å²) in [6.07, 6.45) is 1.44. The summed E-state index contributed by atoms with van der Waals surface area (Å²) in [6, 6.07) is 16.2. The highest BCUT2D eigenvalue weighted by Crippen LogP contribution is 2.36. The van der Waals surface area contributed by atoms with Crippen molar-refractivity contribution >= 4 is 34.2 Å². The van der Waals surface area contributed by atoms with Gasteiger partial charge in [0.2, 0.25) is 0 Å². The van der Waals surface area contributed by atoms with E-state index in [2.05, 4.69) is 16.4 Å². The molecule has 1 atom stereocenters. The zero-order valence-corrected chi connectivity index (χ0v) is 17.9. The van der Waals surface area contributed by atoms with E-state index in [1.807, 2.05) is 37.3 Å². The first-order chi connectivity index (χ1) is 15.4. The third-order valence-electron chi connectivity index (χ3n) is 5.85. The van der Waals surface area contributed by atoms with Gasteiger partial charge in [0.25, 0.3) is 0 Å². The van der Waals surface area contributed by atoms with Crippen molar-refractivity contribution < 1.29 is 14.3 Å². The Morgan fingerprint density at radius 3 is 2.75 bits per heavy atom. The number of hydrogen-bond acceptors (Lipinski definition) is 5. The minimum atomic E-state index is -1.18. The summed E-state index contributed by atoms with van der Waals surface area (Å²) < 4.78 is 6.39. The standard InChI is InChI=1S/C25H19ClN2O4/c1-13(27-19-11-12-20(26)28-21(19)25(30)31)15-7-4-8-17-22(29)18-10-9-14-5-2-3-6-16(14)24(18)32-23(15)17/h2-8,11-13,27H,9-10H2,1H3,(H,30,31)/t13-/m1/s1. The van der Waals surface area contributed by atoms with Crippen molar-refractivity contribution in [3.05, 3.63) is 92.4 Å². The molecule has 0 saturated carbocycles. The number of nitrogens with one attached hydrogen (secondary N) is 1. The second-order valence-corrected chi connectivity index (χ2v) is 8.21. The zero-order valence-electron chi connectivity index (χ0n) is 17.2. The number of nitrogens with zero attached hydrogens (tertiary/aromatic N) is 1. The first-order valence-electron chi connectivity index (χ1n) is 10.3. The van der Waals surface area contributed by atoms with Crippen molar-refractivity contribution in [3.63, 3.8) is 0 Å². The molecule has 6 nitrogen and oxygen atoms in total. The molecule has 0 bridgehead atoms. The molecular weight excluding hydrogens is 428 g/mol. The second kappa shape index (κ2) is 7.80. The maximum atomic E-state index is 13.3. The summed E-state index contributed by atoms with van der Waals surface area (Å²) in [5, 5.41) is 13.3. The lowest BCUT2D eigenvalue weighted by atomic mass is 9.89. The number of carboxylic acids is 1. The molecule has 2 aromatic carbocycles. The van der Waals surface area contributed by atoms with Gasteiger partial charge in [-0.2, -0.15) is 0 Å². The predicted molar refractivity (Wildman–Crippen MR) is 124 cm³/mol. The molecule has 2 heterocycles. The van der Waals surface area contributed by atoms with Gasteiger partial charge in [-0.1, -0.05) is 48.0 Å². The molecule has 4 aromatic rings. The number of aromatic nitrogens is 1. The summed E-state index contributed by atoms with van der Waals surface area (Å²) in [6.45, 7) is 1.88. The lowest BCUT2D eigenvalue weighted by molar-refractivity contribution is 0.0691. The maximum Gasteiger partial charge on any atom is 0.356 e. The third kappa shape index (κ3) is 3.33. The van der Waals surface area contributed by atoms with Crippen molar-refractivity contribution in [2.75, 3.05) is 5.32 Å². The topological polar surface area (TPSA) is 92.4 Å². The van der Waals surface area contributed by atoms with E-state index in [-0.39, 0.29) is 22.3 Å². The lowest BCUT2D eigenvalue weighted by Gasteiger charge is -2.21. The molecule has 1 aliphatic carbocycles. The molecule has 32 heavy (non-hydrogen) atoms. The van der Waals surface area contributed by atoms with Crippen LogP contribution in [0.15, 0.2) is 63.8 Å². The Bertz CT molecular complexity index is 1440. The fraction of sp³-hybridized carbons (Fsp3) is 0.160. The van der Waals surface area contributed by atoms with Crippen molar-refractivity contribution in [3.8, 4) is 11.3 Å². The Labute approximate surface area is 188 Å². The van der Waals surface area contributed by atoms with Gasteiger partial charge in [-0.3, -0.25) is 4.79 Å². The molecule has 1 aliphatic rings. The average molecular weight is 447 g/mol. The fourth-order valence-corrected chi connectivity index (χ4v) is 4.46. The first-order valence-corrected chi connectivity index (χ1v) is 10.6. The molecule has 0 spiro atoms. The van der Waals surface area contributed by atoms with Gasteiger partial charge in [-0.05, 0) is 43.5 Å². The summed E-state index contributed by atoms with van der Waals surface area (Å²) >= 11 is 5.87. The monoisotopic (exact) mass is 446 g/mol. The number of carboxylic acid groups (broad SMARTS) is 1. The van der Waals surface area contributed by atoms with E-state index in [1.54, 1.807) is 12.1 Å². The minimum absolute atomic E-state index is 0.0239. The summed E-state index contributed by atoms with van der Waals surface area (Å²) in [4.78, 5) is 28.8. The molecule has 0 unspecified atom stereocenters. The van der Waals surface area contributed by atoms with E-state index in [0.29, 0.717) is 34.4 Å². The summed E-state index contributed by atoms with van der Waals surface area (Å²) in [5.74, 6) is -0.569. The predicted octanol–water partition coefficient (Wildman–Crippen LogP) is 5.48. The Kier molecular flexibility index (Phi) is 4.94. The van der Waals surface area contributed by atoms with Gasteiger partial charge in [-0.15, -0.1) is 0 Å². The Hall–Kier alpha value is -3.64. The van der Waals surface area contributed by atoms with Crippen LogP contribution in [-0.2, 0) is 12.8 Å². The molecule has 7 heteroatoms. The number of aromatic carboxylic acids is 1. The number of rotatable bonds is 4. The van der Waals surface area contributed by atoms with E-state index < -0.39 is 5.97 Å². The van der Waals surface area contributed by atoms with Crippen LogP contribution < -0.4 is 10.7 Å². The smallest absolute Gasteiger partial charge is 0.356 e. The molecule has 0 amide bonds. The summed E-state index contributed by atoms with van der Waals surface area (Å²) in [7, 11) is 0. The van der Waals surface area contributed by atoms with E-state index >= 15 is 0 Å². The van der Waals surface area contributed by atoms with Gasteiger partial charge >= 0.3 is 5.97 Å². The van der Waals surface area contributed by atoms with E-state index in [1.165, 1.54) is 6.07 Å². The fourth-order valence-electron chi connectivity index (χ4n) is 4.31. The van der Waals surface area contributed by atoms with Crippen molar-refractivity contribution in [1.29, 1.82) is 0 Å². The number of aryl methyl sites for hydroxylation is 1. The van der Waals surface area contributed by atoms with Crippen LogP contribution in [0.5, 0.6) is 0 Å². The largest absolute Gasteiger partial charge is 0.476 e. The molecule has 0 radical (unpaired) electrons. The highest BCUT2D eigenvalue weighted by molar-refractivity contribution is 6.29. The van der Waals surface area contributed by atoms with Crippen LogP contribution in [0.3, 0.4) is 0 Å². The van der Waals surface area contributed by atoms with E-state index in [4.69, 9.17) is 16.0 Å². The molecule has 2 aromatic heterocycles. The van der Waals surface area contributed by atoms with Crippen LogP contribution in [-0.4, -0.2) is 16.1 Å². The van der Waals surface area contributed by atoms with Crippen LogP contribution in [0, 0.1) is 0 Å². The van der Waals surface area contributed by atoms with Gasteiger partial charge in [-0.25, -0.2) is 9.78 Å². The number of benzene rings is 2. The maximum absolute atomic E-state index is 13.3. The Morgan fingerprint density at radius 1 is 1.12 bits per heavy atom. The second-order valence-electron chi connectivity index (χ2n) is 7.82. The highest BCUT2D eigenvalue weighted by atomic mass is 35.5. The van der Waals surface area contributed by atoms with Gasteiger partial charge < -0.3 is 14.8 Å². The number of pyridine rings is 1. The number of fused-ring (bicyclic) bond motifs is 4. The number of anilines is 1. The van der Waals surface area contributed by atoms with E-state index in [9.17, 15) is 14.7 Å². The molecule has 0 saturated heterocycles. The van der Waals surface area contributed by atoms with Gasteiger partial charge in [0.1, 0.15) is 16.5 Å². The molecule has 5 rings (SSSR count). The van der Waals surface area contributed by atoms with Gasteiger partial charge in [0.05, 0.1) is 17.1 Å².